The molecule has 1 aromatic rings. The number of hydrogen-bond donors (Lipinski definition) is 1. The predicted octanol–water partition coefficient (Wildman–Crippen LogP) is 2.38. The first kappa shape index (κ1) is 15.9. The van der Waals surface area contributed by atoms with Crippen LogP contribution in [0.25, 0.3) is 0 Å². The number of piperidine rings is 1. The lowest BCUT2D eigenvalue weighted by atomic mass is 9.98. The maximum Gasteiger partial charge on any atom is 0.0982 e. The smallest absolute Gasteiger partial charge is 0.0982 e. The number of hydrogen-bond acceptors (Lipinski definition) is 5. The second-order valence-electron chi connectivity index (χ2n) is 6.64. The standard InChI is InChI=1S/C15H27N3OS/c1-15(2,3)14-17-11(10-20-14)9-18-6-5-13(19-4)7-12(18)8-16/h10,12-13H,5-9,16H2,1-4H3. The molecule has 1 saturated heterocycles. The second-order valence-corrected chi connectivity index (χ2v) is 7.49. The van der Waals surface area contributed by atoms with E-state index in [0.29, 0.717) is 18.7 Å². The first-order valence-corrected chi connectivity index (χ1v) is 8.23. The summed E-state index contributed by atoms with van der Waals surface area (Å²) in [6, 6.07) is 0.411. The molecular weight excluding hydrogens is 270 g/mol. The molecule has 0 bridgehead atoms. The van der Waals surface area contributed by atoms with E-state index in [9.17, 15) is 0 Å². The van der Waals surface area contributed by atoms with Crippen molar-refractivity contribution in [1.82, 2.24) is 9.88 Å². The van der Waals surface area contributed by atoms with Crippen LogP contribution in [-0.2, 0) is 16.7 Å². The van der Waals surface area contributed by atoms with Gasteiger partial charge in [-0.3, -0.25) is 4.90 Å². The Labute approximate surface area is 126 Å². The van der Waals surface area contributed by atoms with Crippen molar-refractivity contribution < 1.29 is 4.74 Å². The van der Waals surface area contributed by atoms with E-state index in [1.807, 2.05) is 0 Å². The average molecular weight is 297 g/mol. The minimum Gasteiger partial charge on any atom is -0.381 e. The van der Waals surface area contributed by atoms with Gasteiger partial charge in [-0.05, 0) is 12.8 Å². The molecule has 2 unspecified atom stereocenters. The fourth-order valence-corrected chi connectivity index (χ4v) is 3.56. The van der Waals surface area contributed by atoms with Crippen LogP contribution in [0.15, 0.2) is 5.38 Å². The molecule has 5 heteroatoms. The van der Waals surface area contributed by atoms with Gasteiger partial charge >= 0.3 is 0 Å². The Morgan fingerprint density at radius 3 is 2.80 bits per heavy atom. The summed E-state index contributed by atoms with van der Waals surface area (Å²) >= 11 is 1.77. The van der Waals surface area contributed by atoms with Gasteiger partial charge in [-0.25, -0.2) is 4.98 Å². The lowest BCUT2D eigenvalue weighted by molar-refractivity contribution is 0.00982. The largest absolute Gasteiger partial charge is 0.381 e. The number of thiazole rings is 1. The average Bonchev–Trinajstić information content (AvgIpc) is 2.87. The second kappa shape index (κ2) is 6.52. The maximum atomic E-state index is 5.92. The van der Waals surface area contributed by atoms with Crippen molar-refractivity contribution in [3.63, 3.8) is 0 Å². The van der Waals surface area contributed by atoms with Crippen molar-refractivity contribution in [2.75, 3.05) is 20.2 Å². The molecule has 4 nitrogen and oxygen atoms in total. The number of nitrogens with zero attached hydrogens (tertiary/aromatic N) is 2. The van der Waals surface area contributed by atoms with Crippen LogP contribution in [0.4, 0.5) is 0 Å². The molecule has 2 N–H and O–H groups in total. The van der Waals surface area contributed by atoms with Crippen molar-refractivity contribution in [3.8, 4) is 0 Å². The molecule has 0 aromatic carbocycles. The van der Waals surface area contributed by atoms with Gasteiger partial charge in [0, 0.05) is 43.6 Å². The van der Waals surface area contributed by atoms with Crippen LogP contribution < -0.4 is 5.73 Å². The molecule has 0 spiro atoms. The van der Waals surface area contributed by atoms with Crippen LogP contribution in [-0.4, -0.2) is 42.2 Å². The topological polar surface area (TPSA) is 51.4 Å². The Bertz CT molecular complexity index is 427. The summed E-state index contributed by atoms with van der Waals surface area (Å²) < 4.78 is 5.47. The van der Waals surface area contributed by atoms with Gasteiger partial charge < -0.3 is 10.5 Å². The first-order valence-electron chi connectivity index (χ1n) is 7.36. The molecule has 114 valence electrons. The van der Waals surface area contributed by atoms with Crippen LogP contribution in [0.5, 0.6) is 0 Å². The first-order chi connectivity index (χ1) is 9.44. The van der Waals surface area contributed by atoms with Crippen LogP contribution in [0.3, 0.4) is 0 Å². The Morgan fingerprint density at radius 1 is 1.50 bits per heavy atom. The zero-order valence-corrected chi connectivity index (χ0v) is 13.9. The normalized spacial score (nSPS) is 25.1. The van der Waals surface area contributed by atoms with Gasteiger partial charge in [0.25, 0.3) is 0 Å². The van der Waals surface area contributed by atoms with Gasteiger partial charge in [-0.2, -0.15) is 0 Å². The quantitative estimate of drug-likeness (QED) is 0.927. The fourth-order valence-electron chi connectivity index (χ4n) is 2.66. The third-order valence-corrected chi connectivity index (χ3v) is 5.27. The molecular formula is C15H27N3OS. The number of methoxy groups -OCH3 is 1. The Kier molecular flexibility index (Phi) is 5.18. The molecule has 0 amide bonds. The summed E-state index contributed by atoms with van der Waals surface area (Å²) in [5.74, 6) is 0. The number of ether oxygens (including phenoxy) is 1. The minimum absolute atomic E-state index is 0.138. The SMILES string of the molecule is COC1CCN(Cc2csc(C(C)(C)C)n2)C(CN)C1. The molecule has 0 aliphatic carbocycles. The molecule has 0 radical (unpaired) electrons. The molecule has 1 fully saturated rings. The molecule has 2 rings (SSSR count). The van der Waals surface area contributed by atoms with E-state index in [0.717, 1.165) is 25.9 Å². The third kappa shape index (κ3) is 3.79. The highest BCUT2D eigenvalue weighted by atomic mass is 32.1. The van der Waals surface area contributed by atoms with E-state index < -0.39 is 0 Å². The summed E-state index contributed by atoms with van der Waals surface area (Å²) in [6.45, 7) is 9.27. The zero-order chi connectivity index (χ0) is 14.8. The van der Waals surface area contributed by atoms with E-state index in [2.05, 4.69) is 31.1 Å². The maximum absolute atomic E-state index is 5.92. The summed E-state index contributed by atoms with van der Waals surface area (Å²) in [6.07, 6.45) is 2.48. The van der Waals surface area contributed by atoms with Crippen molar-refractivity contribution in [2.24, 2.45) is 5.73 Å². The predicted molar refractivity (Wildman–Crippen MR) is 84.1 cm³/mol. The van der Waals surface area contributed by atoms with Gasteiger partial charge in [-0.15, -0.1) is 11.3 Å². The molecule has 1 aliphatic rings. The Hall–Kier alpha value is -0.490. The number of likely N-dealkylation sites (tertiary alicyclic amines) is 1. The van der Waals surface area contributed by atoms with E-state index in [1.165, 1.54) is 10.7 Å². The highest BCUT2D eigenvalue weighted by Crippen LogP contribution is 2.27. The van der Waals surface area contributed by atoms with Gasteiger partial charge in [0.15, 0.2) is 0 Å². The van der Waals surface area contributed by atoms with Gasteiger partial charge in [0.2, 0.25) is 0 Å². The summed E-state index contributed by atoms with van der Waals surface area (Å²) in [7, 11) is 1.80. The number of rotatable bonds is 4. The molecule has 2 atom stereocenters. The molecule has 1 aromatic heterocycles. The number of aromatic nitrogens is 1. The van der Waals surface area contributed by atoms with Gasteiger partial charge in [0.1, 0.15) is 0 Å². The summed E-state index contributed by atoms with van der Waals surface area (Å²) in [4.78, 5) is 7.24. The van der Waals surface area contributed by atoms with Crippen molar-refractivity contribution in [3.05, 3.63) is 16.1 Å². The molecule has 2 heterocycles. The zero-order valence-electron chi connectivity index (χ0n) is 13.1. The molecule has 0 saturated carbocycles. The van der Waals surface area contributed by atoms with Crippen LogP contribution in [0.1, 0.15) is 44.3 Å². The van der Waals surface area contributed by atoms with E-state index in [1.54, 1.807) is 18.4 Å². The van der Waals surface area contributed by atoms with Crippen molar-refractivity contribution >= 4 is 11.3 Å². The van der Waals surface area contributed by atoms with E-state index in [4.69, 9.17) is 15.5 Å². The van der Waals surface area contributed by atoms with E-state index in [-0.39, 0.29) is 5.41 Å². The third-order valence-electron chi connectivity index (χ3n) is 3.95. The van der Waals surface area contributed by atoms with Crippen LogP contribution >= 0.6 is 11.3 Å². The van der Waals surface area contributed by atoms with Crippen molar-refractivity contribution in [2.45, 2.75) is 57.7 Å². The summed E-state index contributed by atoms with van der Waals surface area (Å²) in [5, 5.41) is 3.40. The highest BCUT2D eigenvalue weighted by molar-refractivity contribution is 7.09. The van der Waals surface area contributed by atoms with Crippen LogP contribution in [0, 0.1) is 0 Å². The van der Waals surface area contributed by atoms with Gasteiger partial charge in [-0.1, -0.05) is 20.8 Å². The van der Waals surface area contributed by atoms with E-state index >= 15 is 0 Å². The fraction of sp³-hybridized carbons (Fsp3) is 0.800. The van der Waals surface area contributed by atoms with Gasteiger partial charge in [0.05, 0.1) is 16.8 Å². The molecule has 20 heavy (non-hydrogen) atoms. The highest BCUT2D eigenvalue weighted by Gasteiger charge is 2.28. The van der Waals surface area contributed by atoms with Crippen molar-refractivity contribution in [1.29, 1.82) is 0 Å². The minimum atomic E-state index is 0.138. The monoisotopic (exact) mass is 297 g/mol. The Balaban J connectivity index is 2.00. The lowest BCUT2D eigenvalue weighted by Gasteiger charge is -2.38. The Morgan fingerprint density at radius 2 is 2.25 bits per heavy atom. The summed E-state index contributed by atoms with van der Waals surface area (Å²) in [5.41, 5.74) is 7.24. The molecule has 1 aliphatic heterocycles. The number of nitrogens with two attached hydrogens (primary N) is 1. The van der Waals surface area contributed by atoms with Crippen LogP contribution in [0.2, 0.25) is 0 Å². The lowest BCUT2D eigenvalue weighted by Crippen LogP contribution is -2.48.